The molecule has 0 radical (unpaired) electrons. The number of hydrogen-bond acceptors (Lipinski definition) is 4. The molecule has 2 rings (SSSR count). The molecule has 1 unspecified atom stereocenters. The minimum atomic E-state index is -0.955. The van der Waals surface area contributed by atoms with Crippen LogP contribution >= 0.6 is 0 Å². The lowest BCUT2D eigenvalue weighted by atomic mass is 10.1. The average molecular weight is 295 g/mol. The summed E-state index contributed by atoms with van der Waals surface area (Å²) in [5, 5.41) is 2.89. The van der Waals surface area contributed by atoms with Gasteiger partial charge in [0.1, 0.15) is 17.4 Å². The number of ether oxygens (including phenoxy) is 1. The quantitative estimate of drug-likeness (QED) is 0.859. The average Bonchev–Trinajstić information content (AvgIpc) is 2.93. The normalized spacial score (nSPS) is 12.0. The predicted octanol–water partition coefficient (Wildman–Crippen LogP) is 3.39. The highest BCUT2D eigenvalue weighted by Gasteiger charge is 2.17. The molecule has 0 aliphatic carbocycles. The number of halogens is 2. The Kier molecular flexibility index (Phi) is 4.57. The van der Waals surface area contributed by atoms with Gasteiger partial charge in [0.05, 0.1) is 24.6 Å². The molecule has 1 atom stereocenters. The van der Waals surface area contributed by atoms with Crippen LogP contribution in [0.25, 0.3) is 0 Å². The van der Waals surface area contributed by atoms with Crippen molar-refractivity contribution < 1.29 is 22.7 Å². The Morgan fingerprint density at radius 3 is 2.76 bits per heavy atom. The Hall–Kier alpha value is -2.37. The largest absolute Gasteiger partial charge is 0.469 e. The van der Waals surface area contributed by atoms with Gasteiger partial charge in [0.15, 0.2) is 0 Å². The highest BCUT2D eigenvalue weighted by atomic mass is 19.1. The first kappa shape index (κ1) is 15.0. The van der Waals surface area contributed by atoms with Gasteiger partial charge in [0.2, 0.25) is 0 Å². The SMILES string of the molecule is COC(=O)c1cc(NC(C)Cc2ccco2)c(F)cc1F. The van der Waals surface area contributed by atoms with E-state index in [0.717, 1.165) is 18.9 Å². The second-order valence-electron chi connectivity index (χ2n) is 4.63. The molecule has 0 bridgehead atoms. The summed E-state index contributed by atoms with van der Waals surface area (Å²) in [6, 6.07) is 5.17. The van der Waals surface area contributed by atoms with Crippen LogP contribution in [-0.4, -0.2) is 19.1 Å². The number of furan rings is 1. The molecule has 0 spiro atoms. The maximum Gasteiger partial charge on any atom is 0.340 e. The van der Waals surface area contributed by atoms with E-state index in [2.05, 4.69) is 10.1 Å². The van der Waals surface area contributed by atoms with Gasteiger partial charge in [-0.05, 0) is 25.1 Å². The lowest BCUT2D eigenvalue weighted by molar-refractivity contribution is 0.0595. The van der Waals surface area contributed by atoms with Gasteiger partial charge in [-0.2, -0.15) is 0 Å². The number of rotatable bonds is 5. The Balaban J connectivity index is 2.17. The van der Waals surface area contributed by atoms with E-state index >= 15 is 0 Å². The molecule has 1 heterocycles. The molecular formula is C15H15F2NO3. The molecule has 21 heavy (non-hydrogen) atoms. The van der Waals surface area contributed by atoms with Crippen molar-refractivity contribution in [3.63, 3.8) is 0 Å². The van der Waals surface area contributed by atoms with Crippen molar-refractivity contribution in [1.82, 2.24) is 0 Å². The van der Waals surface area contributed by atoms with Gasteiger partial charge in [0.25, 0.3) is 0 Å². The van der Waals surface area contributed by atoms with Crippen molar-refractivity contribution in [3.05, 3.63) is 53.5 Å². The number of hydrogen-bond donors (Lipinski definition) is 1. The number of methoxy groups -OCH3 is 1. The highest BCUT2D eigenvalue weighted by molar-refractivity contribution is 5.90. The van der Waals surface area contributed by atoms with Gasteiger partial charge in [-0.1, -0.05) is 0 Å². The van der Waals surface area contributed by atoms with Gasteiger partial charge in [-0.25, -0.2) is 13.6 Å². The van der Waals surface area contributed by atoms with Crippen LogP contribution in [-0.2, 0) is 11.2 Å². The number of anilines is 1. The first-order chi connectivity index (χ1) is 10.0. The summed E-state index contributed by atoms with van der Waals surface area (Å²) in [4.78, 5) is 11.4. The number of esters is 1. The summed E-state index contributed by atoms with van der Waals surface area (Å²) < 4.78 is 36.9. The van der Waals surface area contributed by atoms with Crippen LogP contribution in [0.2, 0.25) is 0 Å². The van der Waals surface area contributed by atoms with Crippen molar-refractivity contribution >= 4 is 11.7 Å². The van der Waals surface area contributed by atoms with Crippen molar-refractivity contribution in [2.75, 3.05) is 12.4 Å². The molecule has 6 heteroatoms. The van der Waals surface area contributed by atoms with Crippen LogP contribution in [0.1, 0.15) is 23.0 Å². The zero-order valence-corrected chi connectivity index (χ0v) is 11.7. The monoisotopic (exact) mass is 295 g/mol. The molecular weight excluding hydrogens is 280 g/mol. The van der Waals surface area contributed by atoms with Gasteiger partial charge in [-0.15, -0.1) is 0 Å². The lowest BCUT2D eigenvalue weighted by Crippen LogP contribution is -2.19. The fourth-order valence-corrected chi connectivity index (χ4v) is 1.97. The lowest BCUT2D eigenvalue weighted by Gasteiger charge is -2.15. The maximum atomic E-state index is 13.8. The molecule has 4 nitrogen and oxygen atoms in total. The first-order valence-corrected chi connectivity index (χ1v) is 6.37. The minimum Gasteiger partial charge on any atom is -0.469 e. The van der Waals surface area contributed by atoms with Crippen LogP contribution in [0, 0.1) is 11.6 Å². The molecule has 2 aromatic rings. The molecule has 1 N–H and O–H groups in total. The number of carbonyl (C=O) groups is 1. The van der Waals surface area contributed by atoms with Gasteiger partial charge in [0, 0.05) is 18.5 Å². The third-order valence-electron chi connectivity index (χ3n) is 2.95. The topological polar surface area (TPSA) is 51.5 Å². The van der Waals surface area contributed by atoms with Crippen molar-refractivity contribution in [3.8, 4) is 0 Å². The van der Waals surface area contributed by atoms with Crippen molar-refractivity contribution in [2.45, 2.75) is 19.4 Å². The van der Waals surface area contributed by atoms with Crippen molar-refractivity contribution in [1.29, 1.82) is 0 Å². The number of nitrogens with one attached hydrogen (secondary N) is 1. The summed E-state index contributed by atoms with van der Waals surface area (Å²) >= 11 is 0. The third kappa shape index (κ3) is 3.59. The van der Waals surface area contributed by atoms with E-state index in [-0.39, 0.29) is 17.3 Å². The fourth-order valence-electron chi connectivity index (χ4n) is 1.97. The molecule has 1 aromatic heterocycles. The summed E-state index contributed by atoms with van der Waals surface area (Å²) in [5.41, 5.74) is -0.276. The molecule has 1 aromatic carbocycles. The Morgan fingerprint density at radius 1 is 1.38 bits per heavy atom. The second kappa shape index (κ2) is 6.39. The number of benzene rings is 1. The molecule has 0 saturated heterocycles. The second-order valence-corrected chi connectivity index (χ2v) is 4.63. The van der Waals surface area contributed by atoms with E-state index in [1.165, 1.54) is 0 Å². The van der Waals surface area contributed by atoms with E-state index in [1.807, 2.05) is 6.92 Å². The van der Waals surface area contributed by atoms with Crippen LogP contribution in [0.15, 0.2) is 34.9 Å². The predicted molar refractivity (Wildman–Crippen MR) is 73.2 cm³/mol. The molecule has 0 fully saturated rings. The van der Waals surface area contributed by atoms with Crippen LogP contribution in [0.5, 0.6) is 0 Å². The summed E-state index contributed by atoms with van der Waals surface area (Å²) in [5.74, 6) is -1.84. The van der Waals surface area contributed by atoms with Crippen LogP contribution < -0.4 is 5.32 Å². The third-order valence-corrected chi connectivity index (χ3v) is 2.95. The number of carbonyl (C=O) groups excluding carboxylic acids is 1. The van der Waals surface area contributed by atoms with E-state index in [0.29, 0.717) is 12.5 Å². The fraction of sp³-hybridized carbons (Fsp3) is 0.267. The molecule has 0 amide bonds. The molecule has 0 aliphatic heterocycles. The van der Waals surface area contributed by atoms with Gasteiger partial charge < -0.3 is 14.5 Å². The zero-order valence-electron chi connectivity index (χ0n) is 11.7. The van der Waals surface area contributed by atoms with E-state index in [1.54, 1.807) is 18.4 Å². The molecule has 0 saturated carbocycles. The molecule has 112 valence electrons. The smallest absolute Gasteiger partial charge is 0.340 e. The van der Waals surface area contributed by atoms with Crippen LogP contribution in [0.3, 0.4) is 0 Å². The summed E-state index contributed by atoms with van der Waals surface area (Å²) in [6.07, 6.45) is 2.08. The maximum absolute atomic E-state index is 13.8. The van der Waals surface area contributed by atoms with Crippen molar-refractivity contribution in [2.24, 2.45) is 0 Å². The first-order valence-electron chi connectivity index (χ1n) is 6.37. The minimum absolute atomic E-state index is 0.0378. The highest BCUT2D eigenvalue weighted by Crippen LogP contribution is 2.21. The summed E-state index contributed by atoms with van der Waals surface area (Å²) in [7, 11) is 1.14. The Bertz CT molecular complexity index is 626. The molecule has 0 aliphatic rings. The Morgan fingerprint density at radius 2 is 2.14 bits per heavy atom. The van der Waals surface area contributed by atoms with E-state index in [4.69, 9.17) is 4.42 Å². The van der Waals surface area contributed by atoms with E-state index < -0.39 is 17.6 Å². The zero-order chi connectivity index (χ0) is 15.4. The van der Waals surface area contributed by atoms with Gasteiger partial charge in [-0.3, -0.25) is 0 Å². The van der Waals surface area contributed by atoms with E-state index in [9.17, 15) is 13.6 Å². The van der Waals surface area contributed by atoms with Crippen LogP contribution in [0.4, 0.5) is 14.5 Å². The standard InChI is InChI=1S/C15H15F2NO3/c1-9(6-10-4-3-5-21-10)18-14-7-11(15(19)20-2)12(16)8-13(14)17/h3-5,7-9,18H,6H2,1-2H3. The van der Waals surface area contributed by atoms with Gasteiger partial charge >= 0.3 is 5.97 Å². The summed E-state index contributed by atoms with van der Waals surface area (Å²) in [6.45, 7) is 1.82. The Labute approximate surface area is 120 Å².